The molecule has 1 aromatic heterocycles. The topological polar surface area (TPSA) is 25.8 Å². The van der Waals surface area contributed by atoms with Crippen molar-refractivity contribution in [1.29, 1.82) is 0 Å². The third kappa shape index (κ3) is 2.13. The van der Waals surface area contributed by atoms with E-state index < -0.39 is 6.17 Å². The molecule has 1 atom stereocenters. The van der Waals surface area contributed by atoms with E-state index in [0.29, 0.717) is 11.4 Å². The van der Waals surface area contributed by atoms with Crippen molar-refractivity contribution in [3.63, 3.8) is 0 Å². The molecule has 0 aromatic carbocycles. The summed E-state index contributed by atoms with van der Waals surface area (Å²) in [5.74, 6) is 0. The molecule has 0 amide bonds. The number of halogens is 1. The fourth-order valence-electron chi connectivity index (χ4n) is 0.604. The van der Waals surface area contributed by atoms with Gasteiger partial charge in [-0.3, -0.25) is 0 Å². The van der Waals surface area contributed by atoms with E-state index in [-0.39, 0.29) is 0 Å². The van der Waals surface area contributed by atoms with Gasteiger partial charge in [-0.15, -0.1) is 10.2 Å². The first-order valence-corrected chi connectivity index (χ1v) is 5.33. The third-order valence-corrected chi connectivity index (χ3v) is 3.21. The van der Waals surface area contributed by atoms with E-state index in [2.05, 4.69) is 10.2 Å². The van der Waals surface area contributed by atoms with Gasteiger partial charge in [-0.1, -0.05) is 30.0 Å². The van der Waals surface area contributed by atoms with Crippen molar-refractivity contribution in [3.8, 4) is 0 Å². The van der Waals surface area contributed by atoms with Crippen LogP contribution in [0.4, 0.5) is 4.39 Å². The molecule has 1 heterocycles. The lowest BCUT2D eigenvalue weighted by Gasteiger charge is -1.95. The molecule has 0 aliphatic heterocycles. The largest absolute Gasteiger partial charge is 0.240 e. The number of nitrogens with zero attached hydrogens (tertiary/aromatic N) is 2. The summed E-state index contributed by atoms with van der Waals surface area (Å²) in [7, 11) is 0. The van der Waals surface area contributed by atoms with Crippen molar-refractivity contribution < 1.29 is 4.39 Å². The summed E-state index contributed by atoms with van der Waals surface area (Å²) in [6.07, 6.45) is 1.44. The van der Waals surface area contributed by atoms with Crippen LogP contribution in [-0.4, -0.2) is 16.5 Å². The maximum atomic E-state index is 12.9. The Hall–Kier alpha value is -0.160. The van der Waals surface area contributed by atoms with E-state index in [1.807, 2.05) is 6.26 Å². The summed E-state index contributed by atoms with van der Waals surface area (Å²) in [4.78, 5) is 0. The lowest BCUT2D eigenvalue weighted by molar-refractivity contribution is 0.332. The molecule has 0 radical (unpaired) electrons. The average molecular weight is 192 g/mol. The zero-order chi connectivity index (χ0) is 8.27. The zero-order valence-electron chi connectivity index (χ0n) is 6.37. The zero-order valence-corrected chi connectivity index (χ0v) is 8.01. The molecule has 2 nitrogen and oxygen atoms in total. The molecule has 0 aliphatic carbocycles. The van der Waals surface area contributed by atoms with Gasteiger partial charge in [0.15, 0.2) is 15.5 Å². The van der Waals surface area contributed by atoms with Gasteiger partial charge in [0, 0.05) is 0 Å². The van der Waals surface area contributed by atoms with Gasteiger partial charge in [-0.25, -0.2) is 4.39 Å². The van der Waals surface area contributed by atoms with Crippen molar-refractivity contribution in [2.75, 3.05) is 6.26 Å². The fourth-order valence-corrected chi connectivity index (χ4v) is 1.95. The summed E-state index contributed by atoms with van der Waals surface area (Å²) < 4.78 is 13.7. The smallest absolute Gasteiger partial charge is 0.174 e. The van der Waals surface area contributed by atoms with Crippen LogP contribution in [0.3, 0.4) is 0 Å². The predicted octanol–water partition coefficient (Wildman–Crippen LogP) is 2.68. The summed E-state index contributed by atoms with van der Waals surface area (Å²) in [5.41, 5.74) is 0. The molecule has 0 N–H and O–H groups in total. The standard InChI is InChI=1S/C6H9FN2S2/c1-3-4(7)5-8-9-6(10-2)11-5/h4H,3H2,1-2H3. The Bertz CT molecular complexity index is 226. The molecule has 1 aromatic rings. The highest BCUT2D eigenvalue weighted by molar-refractivity contribution is 8.00. The first-order valence-electron chi connectivity index (χ1n) is 3.29. The van der Waals surface area contributed by atoms with Crippen LogP contribution in [0.15, 0.2) is 4.34 Å². The summed E-state index contributed by atoms with van der Waals surface area (Å²) in [6.45, 7) is 1.80. The van der Waals surface area contributed by atoms with Gasteiger partial charge in [0.2, 0.25) is 0 Å². The average Bonchev–Trinajstić information content (AvgIpc) is 2.50. The van der Waals surface area contributed by atoms with Crippen LogP contribution >= 0.6 is 23.1 Å². The molecule has 62 valence electrons. The molecule has 0 saturated heterocycles. The maximum Gasteiger partial charge on any atom is 0.174 e. The maximum absolute atomic E-state index is 12.9. The molecule has 0 spiro atoms. The van der Waals surface area contributed by atoms with E-state index >= 15 is 0 Å². The van der Waals surface area contributed by atoms with Crippen LogP contribution in [-0.2, 0) is 0 Å². The lowest BCUT2D eigenvalue weighted by atomic mass is 10.3. The normalized spacial score (nSPS) is 13.4. The SMILES string of the molecule is CCC(F)c1nnc(SC)s1. The van der Waals surface area contributed by atoms with Crippen molar-refractivity contribution in [1.82, 2.24) is 10.2 Å². The minimum atomic E-state index is -0.937. The summed E-state index contributed by atoms with van der Waals surface area (Å²) in [5, 5.41) is 8.02. The Morgan fingerprint density at radius 2 is 2.36 bits per heavy atom. The van der Waals surface area contributed by atoms with Crippen LogP contribution in [0.1, 0.15) is 24.5 Å². The summed E-state index contributed by atoms with van der Waals surface area (Å²) in [6, 6.07) is 0. The Morgan fingerprint density at radius 3 is 2.82 bits per heavy atom. The molecule has 11 heavy (non-hydrogen) atoms. The second-order valence-corrected chi connectivity index (χ2v) is 4.05. The number of aromatic nitrogens is 2. The molecular weight excluding hydrogens is 183 g/mol. The highest BCUT2D eigenvalue weighted by Crippen LogP contribution is 2.27. The molecule has 1 rings (SSSR count). The van der Waals surface area contributed by atoms with E-state index in [1.54, 1.807) is 6.92 Å². The molecule has 0 fully saturated rings. The minimum Gasteiger partial charge on any atom is -0.240 e. The molecule has 0 saturated carbocycles. The minimum absolute atomic E-state index is 0.475. The van der Waals surface area contributed by atoms with Crippen molar-refractivity contribution >= 4 is 23.1 Å². The van der Waals surface area contributed by atoms with Gasteiger partial charge in [0.05, 0.1) is 0 Å². The number of alkyl halides is 1. The van der Waals surface area contributed by atoms with Gasteiger partial charge in [0.25, 0.3) is 0 Å². The van der Waals surface area contributed by atoms with Crippen LogP contribution in [0, 0.1) is 0 Å². The third-order valence-electron chi connectivity index (χ3n) is 1.22. The Balaban J connectivity index is 2.71. The van der Waals surface area contributed by atoms with Crippen molar-refractivity contribution in [3.05, 3.63) is 5.01 Å². The Kier molecular flexibility index (Phi) is 3.26. The number of rotatable bonds is 3. The van der Waals surface area contributed by atoms with Gasteiger partial charge >= 0.3 is 0 Å². The first kappa shape index (κ1) is 8.93. The Morgan fingerprint density at radius 1 is 1.64 bits per heavy atom. The van der Waals surface area contributed by atoms with Crippen LogP contribution in [0.2, 0.25) is 0 Å². The second kappa shape index (κ2) is 4.01. The predicted molar refractivity (Wildman–Crippen MR) is 45.8 cm³/mol. The van der Waals surface area contributed by atoms with E-state index in [4.69, 9.17) is 0 Å². The first-order chi connectivity index (χ1) is 5.27. The molecule has 1 unspecified atom stereocenters. The summed E-state index contributed by atoms with van der Waals surface area (Å²) >= 11 is 2.83. The number of hydrogen-bond acceptors (Lipinski definition) is 4. The monoisotopic (exact) mass is 192 g/mol. The van der Waals surface area contributed by atoms with Crippen molar-refractivity contribution in [2.45, 2.75) is 23.9 Å². The van der Waals surface area contributed by atoms with E-state index in [1.165, 1.54) is 23.1 Å². The van der Waals surface area contributed by atoms with Gasteiger partial charge in [-0.05, 0) is 12.7 Å². The van der Waals surface area contributed by atoms with E-state index in [0.717, 1.165) is 4.34 Å². The number of thioether (sulfide) groups is 1. The van der Waals surface area contributed by atoms with Crippen LogP contribution in [0.25, 0.3) is 0 Å². The molecule has 0 aliphatic rings. The van der Waals surface area contributed by atoms with Crippen molar-refractivity contribution in [2.24, 2.45) is 0 Å². The van der Waals surface area contributed by atoms with Gasteiger partial charge < -0.3 is 0 Å². The molecule has 0 bridgehead atoms. The lowest BCUT2D eigenvalue weighted by Crippen LogP contribution is -1.86. The van der Waals surface area contributed by atoms with Gasteiger partial charge in [0.1, 0.15) is 0 Å². The highest BCUT2D eigenvalue weighted by atomic mass is 32.2. The molecular formula is C6H9FN2S2. The fraction of sp³-hybridized carbons (Fsp3) is 0.667. The van der Waals surface area contributed by atoms with E-state index in [9.17, 15) is 4.39 Å². The number of hydrogen-bond donors (Lipinski definition) is 0. The van der Waals surface area contributed by atoms with Gasteiger partial charge in [-0.2, -0.15) is 0 Å². The second-order valence-electron chi connectivity index (χ2n) is 1.99. The Labute approximate surface area is 73.2 Å². The quantitative estimate of drug-likeness (QED) is 0.689. The van der Waals surface area contributed by atoms with Crippen LogP contribution in [0.5, 0.6) is 0 Å². The van der Waals surface area contributed by atoms with Crippen LogP contribution < -0.4 is 0 Å². The molecule has 5 heteroatoms. The highest BCUT2D eigenvalue weighted by Gasteiger charge is 2.12.